The lowest BCUT2D eigenvalue weighted by Gasteiger charge is -2.47. The van der Waals surface area contributed by atoms with Crippen LogP contribution >= 0.6 is 24.4 Å². The minimum Gasteiger partial charge on any atom is -0.497 e. The number of thiocarbonyl (C=S) groups is 2. The maximum atomic E-state index is 5.63. The molecular weight excluding hydrogens is 464 g/mol. The van der Waals surface area contributed by atoms with Gasteiger partial charge >= 0.3 is 0 Å². The fourth-order valence-electron chi connectivity index (χ4n) is 5.09. The van der Waals surface area contributed by atoms with E-state index in [0.717, 1.165) is 48.7 Å². The average molecular weight is 501 g/mol. The molecule has 1 aliphatic carbocycles. The van der Waals surface area contributed by atoms with Crippen LogP contribution in [0.4, 0.5) is 11.4 Å². The highest BCUT2D eigenvalue weighted by atomic mass is 32.1. The van der Waals surface area contributed by atoms with E-state index in [1.54, 1.807) is 14.2 Å². The third-order valence-electron chi connectivity index (χ3n) is 6.11. The molecule has 1 aliphatic rings. The Balaban J connectivity index is 1.57. The minimum atomic E-state index is 0.0606. The van der Waals surface area contributed by atoms with Gasteiger partial charge in [0.25, 0.3) is 0 Å². The molecule has 8 heteroatoms. The molecular formula is C26H36N4O2S2. The van der Waals surface area contributed by atoms with E-state index in [1.807, 2.05) is 48.5 Å². The lowest BCUT2D eigenvalue weighted by Crippen LogP contribution is -2.51. The predicted molar refractivity (Wildman–Crippen MR) is 149 cm³/mol. The van der Waals surface area contributed by atoms with Crippen LogP contribution in [0.1, 0.15) is 40.0 Å². The van der Waals surface area contributed by atoms with Gasteiger partial charge in [-0.15, -0.1) is 0 Å². The van der Waals surface area contributed by atoms with Crippen LogP contribution in [0.2, 0.25) is 0 Å². The van der Waals surface area contributed by atoms with Gasteiger partial charge in [-0.1, -0.05) is 32.9 Å². The van der Waals surface area contributed by atoms with E-state index < -0.39 is 0 Å². The quantitative estimate of drug-likeness (QED) is 0.369. The van der Waals surface area contributed by atoms with Crippen molar-refractivity contribution < 1.29 is 9.47 Å². The predicted octanol–water partition coefficient (Wildman–Crippen LogP) is 5.56. The summed E-state index contributed by atoms with van der Waals surface area (Å²) in [6.07, 6.45) is 3.14. The summed E-state index contributed by atoms with van der Waals surface area (Å²) in [7, 11) is 3.32. The van der Waals surface area contributed by atoms with Crippen molar-refractivity contribution in [3.05, 3.63) is 48.5 Å². The summed E-state index contributed by atoms with van der Waals surface area (Å²) in [5, 5.41) is 14.8. The molecule has 2 aromatic carbocycles. The topological polar surface area (TPSA) is 66.6 Å². The van der Waals surface area contributed by atoms with Gasteiger partial charge in [0.05, 0.1) is 14.2 Å². The van der Waals surface area contributed by atoms with Gasteiger partial charge in [-0.3, -0.25) is 0 Å². The number of benzene rings is 2. The second-order valence-corrected chi connectivity index (χ2v) is 10.9. The Kier molecular flexibility index (Phi) is 8.60. The zero-order chi connectivity index (χ0) is 24.8. The number of hydrogen-bond acceptors (Lipinski definition) is 4. The van der Waals surface area contributed by atoms with Crippen molar-refractivity contribution in [2.24, 2.45) is 10.8 Å². The summed E-state index contributed by atoms with van der Waals surface area (Å²) >= 11 is 11.2. The van der Waals surface area contributed by atoms with E-state index in [0.29, 0.717) is 10.2 Å². The van der Waals surface area contributed by atoms with Crippen molar-refractivity contribution >= 4 is 46.0 Å². The van der Waals surface area contributed by atoms with Crippen molar-refractivity contribution in [1.29, 1.82) is 0 Å². The molecule has 0 amide bonds. The van der Waals surface area contributed by atoms with Gasteiger partial charge in [-0.25, -0.2) is 0 Å². The van der Waals surface area contributed by atoms with Crippen molar-refractivity contribution in [1.82, 2.24) is 10.6 Å². The van der Waals surface area contributed by atoms with Gasteiger partial charge in [-0.05, 0) is 78.8 Å². The van der Waals surface area contributed by atoms with Crippen LogP contribution in [0.5, 0.6) is 11.5 Å². The number of anilines is 2. The summed E-state index contributed by atoms with van der Waals surface area (Å²) in [5.74, 6) is 1.59. The molecule has 6 nitrogen and oxygen atoms in total. The fourth-order valence-corrected chi connectivity index (χ4v) is 5.57. The SMILES string of the molecule is COc1cccc(NC(=S)NCC2(C)CC(NC(=S)Nc3cccc(OC)c3)CC(C)(C)C2)c1. The van der Waals surface area contributed by atoms with Crippen LogP contribution in [0.3, 0.4) is 0 Å². The van der Waals surface area contributed by atoms with Crippen molar-refractivity contribution in [3.8, 4) is 11.5 Å². The summed E-state index contributed by atoms with van der Waals surface area (Å²) < 4.78 is 10.6. The first-order chi connectivity index (χ1) is 16.1. The Bertz CT molecular complexity index is 1010. The molecule has 184 valence electrons. The first-order valence-electron chi connectivity index (χ1n) is 11.5. The van der Waals surface area contributed by atoms with Crippen molar-refractivity contribution in [2.75, 3.05) is 31.4 Å². The highest BCUT2D eigenvalue weighted by Gasteiger charge is 2.41. The van der Waals surface area contributed by atoms with Crippen molar-refractivity contribution in [2.45, 2.75) is 46.1 Å². The highest BCUT2D eigenvalue weighted by Crippen LogP contribution is 2.45. The molecule has 3 rings (SSSR count). The van der Waals surface area contributed by atoms with Gasteiger partial charge in [0, 0.05) is 36.1 Å². The van der Waals surface area contributed by atoms with Crippen LogP contribution in [0.25, 0.3) is 0 Å². The average Bonchev–Trinajstić information content (AvgIpc) is 2.76. The Morgan fingerprint density at radius 1 is 0.882 bits per heavy atom. The van der Waals surface area contributed by atoms with E-state index in [4.69, 9.17) is 33.9 Å². The van der Waals surface area contributed by atoms with Crippen LogP contribution in [-0.2, 0) is 0 Å². The molecule has 0 aliphatic heterocycles. The maximum absolute atomic E-state index is 5.63. The van der Waals surface area contributed by atoms with Crippen LogP contribution in [0.15, 0.2) is 48.5 Å². The number of rotatable bonds is 7. The molecule has 2 unspecified atom stereocenters. The minimum absolute atomic E-state index is 0.0606. The van der Waals surface area contributed by atoms with Crippen LogP contribution in [-0.4, -0.2) is 37.0 Å². The summed E-state index contributed by atoms with van der Waals surface area (Å²) in [6.45, 7) is 7.75. The molecule has 2 aromatic rings. The van der Waals surface area contributed by atoms with Crippen LogP contribution < -0.4 is 30.7 Å². The standard InChI is InChI=1S/C26H36N4O2S2/c1-25(2)14-20(30-24(34)29-19-9-7-11-22(13-19)32-5)15-26(3,16-25)17-27-23(33)28-18-8-6-10-21(12-18)31-4/h6-13,20H,14-17H2,1-5H3,(H2,27,28,33)(H2,29,30,34). The zero-order valence-electron chi connectivity index (χ0n) is 20.7. The molecule has 2 atom stereocenters. The molecule has 0 aromatic heterocycles. The smallest absolute Gasteiger partial charge is 0.170 e. The van der Waals surface area contributed by atoms with E-state index in [-0.39, 0.29) is 16.9 Å². The molecule has 1 fully saturated rings. The molecule has 1 saturated carbocycles. The Morgan fingerprint density at radius 2 is 1.44 bits per heavy atom. The van der Waals surface area contributed by atoms with E-state index in [2.05, 4.69) is 42.0 Å². The Morgan fingerprint density at radius 3 is 2.00 bits per heavy atom. The van der Waals surface area contributed by atoms with Crippen molar-refractivity contribution in [3.63, 3.8) is 0 Å². The van der Waals surface area contributed by atoms with Gasteiger partial charge in [0.1, 0.15) is 11.5 Å². The fraction of sp³-hybridized carbons (Fsp3) is 0.462. The van der Waals surface area contributed by atoms with Gasteiger partial charge in [0.15, 0.2) is 10.2 Å². The first-order valence-corrected chi connectivity index (χ1v) is 12.3. The molecule has 0 bridgehead atoms. The number of methoxy groups -OCH3 is 2. The van der Waals surface area contributed by atoms with Gasteiger partial charge in [-0.2, -0.15) is 0 Å². The highest BCUT2D eigenvalue weighted by molar-refractivity contribution is 7.80. The first kappa shape index (κ1) is 26.0. The summed E-state index contributed by atoms with van der Waals surface area (Å²) in [6, 6.07) is 15.8. The largest absolute Gasteiger partial charge is 0.497 e. The normalized spacial score (nSPS) is 21.1. The molecule has 0 radical (unpaired) electrons. The molecule has 0 spiro atoms. The zero-order valence-corrected chi connectivity index (χ0v) is 22.3. The lowest BCUT2D eigenvalue weighted by atomic mass is 9.62. The summed E-state index contributed by atoms with van der Waals surface area (Å²) in [5.41, 5.74) is 2.05. The molecule has 4 N–H and O–H groups in total. The number of hydrogen-bond donors (Lipinski definition) is 4. The third kappa shape index (κ3) is 7.74. The van der Waals surface area contributed by atoms with E-state index in [1.165, 1.54) is 0 Å². The number of ether oxygens (including phenoxy) is 2. The number of nitrogens with one attached hydrogen (secondary N) is 4. The molecule has 0 saturated heterocycles. The third-order valence-corrected chi connectivity index (χ3v) is 6.58. The Labute approximate surface area is 214 Å². The van der Waals surface area contributed by atoms with Crippen LogP contribution in [0, 0.1) is 10.8 Å². The second-order valence-electron chi connectivity index (χ2n) is 10.1. The monoisotopic (exact) mass is 500 g/mol. The van der Waals surface area contributed by atoms with E-state index in [9.17, 15) is 0 Å². The van der Waals surface area contributed by atoms with Gasteiger partial charge < -0.3 is 30.7 Å². The lowest BCUT2D eigenvalue weighted by molar-refractivity contribution is 0.0807. The van der Waals surface area contributed by atoms with E-state index >= 15 is 0 Å². The van der Waals surface area contributed by atoms with Gasteiger partial charge in [0.2, 0.25) is 0 Å². The Hall–Kier alpha value is -2.58. The molecule has 34 heavy (non-hydrogen) atoms. The maximum Gasteiger partial charge on any atom is 0.170 e. The second kappa shape index (κ2) is 11.2. The molecule has 0 heterocycles. The summed E-state index contributed by atoms with van der Waals surface area (Å²) in [4.78, 5) is 0.